The van der Waals surface area contributed by atoms with Crippen LogP contribution >= 0.6 is 0 Å². The number of rotatable bonds is 3. The molecular weight excluding hydrogens is 248 g/mol. The molecule has 0 aromatic rings. The fourth-order valence-corrected chi connectivity index (χ4v) is 4.48. The van der Waals surface area contributed by atoms with Gasteiger partial charge in [-0.05, 0) is 37.3 Å². The van der Waals surface area contributed by atoms with Crippen LogP contribution in [0.2, 0.25) is 0 Å². The van der Waals surface area contributed by atoms with Gasteiger partial charge in [-0.2, -0.15) is 0 Å². The minimum Gasteiger partial charge on any atom is -0.316 e. The quantitative estimate of drug-likeness (QED) is 0.825. The van der Waals surface area contributed by atoms with Gasteiger partial charge in [-0.15, -0.1) is 0 Å². The van der Waals surface area contributed by atoms with E-state index in [0.717, 1.165) is 39.1 Å². The third kappa shape index (κ3) is 3.25. The summed E-state index contributed by atoms with van der Waals surface area (Å²) < 4.78 is 23.3. The van der Waals surface area contributed by atoms with Gasteiger partial charge in [0.2, 0.25) is 0 Å². The molecule has 1 unspecified atom stereocenters. The first-order valence-corrected chi connectivity index (χ1v) is 8.89. The highest BCUT2D eigenvalue weighted by molar-refractivity contribution is 7.91. The van der Waals surface area contributed by atoms with Crippen LogP contribution in [-0.4, -0.2) is 57.5 Å². The molecule has 0 spiro atoms. The molecule has 0 aromatic heterocycles. The highest BCUT2D eigenvalue weighted by Crippen LogP contribution is 2.35. The van der Waals surface area contributed by atoms with Gasteiger partial charge < -0.3 is 10.2 Å². The molecule has 18 heavy (non-hydrogen) atoms. The maximum atomic E-state index is 11.6. The molecule has 106 valence electrons. The van der Waals surface area contributed by atoms with Crippen molar-refractivity contribution in [1.82, 2.24) is 10.2 Å². The number of sulfone groups is 1. The smallest absolute Gasteiger partial charge is 0.151 e. The standard InChI is InChI=1S/C13H26N2O2S/c1-12(2)13(4-5-14-10-13)11-15-6-3-8-18(16,17)9-7-15/h12,14H,3-11H2,1-2H3. The van der Waals surface area contributed by atoms with Crippen molar-refractivity contribution in [2.45, 2.75) is 26.7 Å². The van der Waals surface area contributed by atoms with E-state index in [0.29, 0.717) is 22.8 Å². The normalized spacial score (nSPS) is 33.7. The van der Waals surface area contributed by atoms with Crippen molar-refractivity contribution in [3.63, 3.8) is 0 Å². The highest BCUT2D eigenvalue weighted by atomic mass is 32.2. The third-order valence-electron chi connectivity index (χ3n) is 4.69. The topological polar surface area (TPSA) is 49.4 Å². The van der Waals surface area contributed by atoms with Gasteiger partial charge in [0.15, 0.2) is 9.84 Å². The lowest BCUT2D eigenvalue weighted by Crippen LogP contribution is -2.43. The van der Waals surface area contributed by atoms with Gasteiger partial charge in [-0.1, -0.05) is 13.8 Å². The molecule has 0 aliphatic carbocycles. The van der Waals surface area contributed by atoms with Crippen molar-refractivity contribution in [2.75, 3.05) is 44.2 Å². The van der Waals surface area contributed by atoms with Gasteiger partial charge >= 0.3 is 0 Å². The zero-order valence-corrected chi connectivity index (χ0v) is 12.4. The van der Waals surface area contributed by atoms with Gasteiger partial charge in [0.05, 0.1) is 11.5 Å². The molecule has 2 saturated heterocycles. The fraction of sp³-hybridized carbons (Fsp3) is 1.00. The fourth-order valence-electron chi connectivity index (χ4n) is 3.17. The molecule has 1 atom stereocenters. The molecule has 0 aromatic carbocycles. The minimum atomic E-state index is -2.78. The van der Waals surface area contributed by atoms with Crippen LogP contribution in [0.15, 0.2) is 0 Å². The first-order valence-electron chi connectivity index (χ1n) is 7.07. The molecule has 0 amide bonds. The molecule has 4 nitrogen and oxygen atoms in total. The van der Waals surface area contributed by atoms with Gasteiger partial charge in [0, 0.05) is 19.6 Å². The molecule has 2 fully saturated rings. The molecule has 1 N–H and O–H groups in total. The highest BCUT2D eigenvalue weighted by Gasteiger charge is 2.38. The summed E-state index contributed by atoms with van der Waals surface area (Å²) in [4.78, 5) is 2.37. The van der Waals surface area contributed by atoms with E-state index < -0.39 is 9.84 Å². The van der Waals surface area contributed by atoms with Crippen molar-refractivity contribution in [1.29, 1.82) is 0 Å². The lowest BCUT2D eigenvalue weighted by atomic mass is 9.76. The lowest BCUT2D eigenvalue weighted by Gasteiger charge is -2.37. The average molecular weight is 274 g/mol. The Hall–Kier alpha value is -0.130. The van der Waals surface area contributed by atoms with Crippen LogP contribution in [0, 0.1) is 11.3 Å². The Morgan fingerprint density at radius 3 is 2.67 bits per heavy atom. The maximum Gasteiger partial charge on any atom is 0.151 e. The predicted molar refractivity (Wildman–Crippen MR) is 74.5 cm³/mol. The van der Waals surface area contributed by atoms with Gasteiger partial charge in [-0.3, -0.25) is 0 Å². The third-order valence-corrected chi connectivity index (χ3v) is 6.40. The molecule has 2 heterocycles. The Morgan fingerprint density at radius 2 is 2.06 bits per heavy atom. The van der Waals surface area contributed by atoms with E-state index in [-0.39, 0.29) is 0 Å². The number of nitrogens with one attached hydrogen (secondary N) is 1. The SMILES string of the molecule is CC(C)C1(CN2CCCS(=O)(=O)CC2)CCNC1. The minimum absolute atomic E-state index is 0.341. The summed E-state index contributed by atoms with van der Waals surface area (Å²) in [5, 5.41) is 3.47. The van der Waals surface area contributed by atoms with E-state index in [1.165, 1.54) is 6.42 Å². The van der Waals surface area contributed by atoms with Gasteiger partial charge in [-0.25, -0.2) is 8.42 Å². The van der Waals surface area contributed by atoms with Crippen molar-refractivity contribution >= 4 is 9.84 Å². The van der Waals surface area contributed by atoms with Crippen molar-refractivity contribution in [3.8, 4) is 0 Å². The zero-order valence-electron chi connectivity index (χ0n) is 11.6. The Labute approximate surface area is 111 Å². The Morgan fingerprint density at radius 1 is 1.28 bits per heavy atom. The average Bonchev–Trinajstić information content (AvgIpc) is 2.69. The van der Waals surface area contributed by atoms with Gasteiger partial charge in [0.1, 0.15) is 0 Å². The van der Waals surface area contributed by atoms with Crippen LogP contribution in [0.5, 0.6) is 0 Å². The van der Waals surface area contributed by atoms with E-state index >= 15 is 0 Å². The van der Waals surface area contributed by atoms with E-state index in [9.17, 15) is 8.42 Å². The maximum absolute atomic E-state index is 11.6. The second kappa shape index (κ2) is 5.47. The summed E-state index contributed by atoms with van der Waals surface area (Å²) in [5.41, 5.74) is 0.341. The molecule has 0 radical (unpaired) electrons. The Bertz CT molecular complexity index is 372. The second-order valence-corrected chi connectivity index (χ2v) is 8.53. The second-order valence-electron chi connectivity index (χ2n) is 6.23. The molecule has 2 aliphatic rings. The van der Waals surface area contributed by atoms with E-state index in [1.807, 2.05) is 0 Å². The summed E-state index contributed by atoms with van der Waals surface area (Å²) in [5.74, 6) is 1.36. The Kier molecular flexibility index (Phi) is 4.34. The largest absolute Gasteiger partial charge is 0.316 e. The lowest BCUT2D eigenvalue weighted by molar-refractivity contribution is 0.123. The molecule has 0 bridgehead atoms. The number of hydrogen-bond acceptors (Lipinski definition) is 4. The predicted octanol–water partition coefficient (Wildman–Crippen LogP) is 0.743. The summed E-state index contributed by atoms with van der Waals surface area (Å²) >= 11 is 0. The van der Waals surface area contributed by atoms with E-state index in [2.05, 4.69) is 24.1 Å². The molecule has 2 rings (SSSR count). The van der Waals surface area contributed by atoms with E-state index in [4.69, 9.17) is 0 Å². The summed E-state index contributed by atoms with van der Waals surface area (Å²) in [7, 11) is -2.78. The molecule has 0 saturated carbocycles. The first-order chi connectivity index (χ1) is 8.44. The van der Waals surface area contributed by atoms with Crippen LogP contribution < -0.4 is 5.32 Å². The summed E-state index contributed by atoms with van der Waals surface area (Å²) in [6, 6.07) is 0. The van der Waals surface area contributed by atoms with Crippen LogP contribution in [0.3, 0.4) is 0 Å². The van der Waals surface area contributed by atoms with Gasteiger partial charge in [0.25, 0.3) is 0 Å². The summed E-state index contributed by atoms with van der Waals surface area (Å²) in [6.45, 7) is 9.47. The molecule has 2 aliphatic heterocycles. The monoisotopic (exact) mass is 274 g/mol. The first kappa shape index (κ1) is 14.3. The van der Waals surface area contributed by atoms with Crippen LogP contribution in [0.4, 0.5) is 0 Å². The molecule has 5 heteroatoms. The Balaban J connectivity index is 2.00. The zero-order chi connectivity index (χ0) is 13.2. The summed E-state index contributed by atoms with van der Waals surface area (Å²) in [6.07, 6.45) is 2.01. The van der Waals surface area contributed by atoms with E-state index in [1.54, 1.807) is 0 Å². The number of nitrogens with zero attached hydrogens (tertiary/aromatic N) is 1. The number of hydrogen-bond donors (Lipinski definition) is 1. The molecular formula is C13H26N2O2S. The van der Waals surface area contributed by atoms with Crippen molar-refractivity contribution < 1.29 is 8.42 Å². The van der Waals surface area contributed by atoms with Crippen LogP contribution in [-0.2, 0) is 9.84 Å². The van der Waals surface area contributed by atoms with Crippen LogP contribution in [0.25, 0.3) is 0 Å². The van der Waals surface area contributed by atoms with Crippen LogP contribution in [0.1, 0.15) is 26.7 Å². The van der Waals surface area contributed by atoms with Crippen molar-refractivity contribution in [2.24, 2.45) is 11.3 Å². The van der Waals surface area contributed by atoms with Crippen molar-refractivity contribution in [3.05, 3.63) is 0 Å².